The number of nitrogens with zero attached hydrogens (tertiary/aromatic N) is 4. The lowest BCUT2D eigenvalue weighted by molar-refractivity contribution is 0.537. The van der Waals surface area contributed by atoms with E-state index in [1.54, 1.807) is 0 Å². The lowest BCUT2D eigenvalue weighted by Crippen LogP contribution is -2.00. The maximum absolute atomic E-state index is 5.53. The molecule has 0 aliphatic heterocycles. The summed E-state index contributed by atoms with van der Waals surface area (Å²) in [6.45, 7) is 1.73. The summed E-state index contributed by atoms with van der Waals surface area (Å²) in [5.41, 5.74) is 10.8. The summed E-state index contributed by atoms with van der Waals surface area (Å²) in [5, 5.41) is 4.47. The second kappa shape index (κ2) is 7.31. The van der Waals surface area contributed by atoms with E-state index in [2.05, 4.69) is 34.5 Å². The van der Waals surface area contributed by atoms with Crippen molar-refractivity contribution in [3.63, 3.8) is 0 Å². The van der Waals surface area contributed by atoms with Crippen molar-refractivity contribution in [2.45, 2.75) is 51.0 Å². The summed E-state index contributed by atoms with van der Waals surface area (Å²) < 4.78 is 2.00. The lowest BCUT2D eigenvalue weighted by Gasteiger charge is -2.03. The molecule has 25 heavy (non-hydrogen) atoms. The molecule has 0 saturated heterocycles. The Morgan fingerprint density at radius 2 is 1.92 bits per heavy atom. The first kappa shape index (κ1) is 16.2. The van der Waals surface area contributed by atoms with Gasteiger partial charge in [-0.3, -0.25) is 9.67 Å². The summed E-state index contributed by atoms with van der Waals surface area (Å²) in [4.78, 5) is 9.39. The van der Waals surface area contributed by atoms with Crippen LogP contribution < -0.4 is 5.73 Å². The van der Waals surface area contributed by atoms with Crippen molar-refractivity contribution < 1.29 is 0 Å². The highest BCUT2D eigenvalue weighted by molar-refractivity contribution is 5.77. The third-order valence-corrected chi connectivity index (χ3v) is 4.89. The van der Waals surface area contributed by atoms with Crippen molar-refractivity contribution in [2.75, 3.05) is 6.54 Å². The van der Waals surface area contributed by atoms with Gasteiger partial charge in [-0.25, -0.2) is 4.98 Å². The molecular formula is C20H25N5. The molecule has 0 spiro atoms. The first-order valence-corrected chi connectivity index (χ1v) is 9.33. The molecule has 0 unspecified atom stereocenters. The molecule has 2 heterocycles. The van der Waals surface area contributed by atoms with Crippen LogP contribution in [0.3, 0.4) is 0 Å². The van der Waals surface area contributed by atoms with Gasteiger partial charge in [0, 0.05) is 18.3 Å². The molecule has 1 aromatic carbocycles. The minimum atomic E-state index is 0.733. The summed E-state index contributed by atoms with van der Waals surface area (Å²) in [6.07, 6.45) is 13.1. The number of nitrogens with two attached hydrogens (primary N) is 1. The van der Waals surface area contributed by atoms with Crippen LogP contribution in [0.15, 0.2) is 36.8 Å². The van der Waals surface area contributed by atoms with E-state index in [1.807, 2.05) is 17.1 Å². The Morgan fingerprint density at radius 1 is 1.04 bits per heavy atom. The molecule has 1 aliphatic rings. The largest absolute Gasteiger partial charge is 0.330 e. The maximum Gasteiger partial charge on any atom is 0.0924 e. The van der Waals surface area contributed by atoms with E-state index < -0.39 is 0 Å². The highest BCUT2D eigenvalue weighted by Gasteiger charge is 2.23. The number of fused-ring (bicyclic) bond motifs is 1. The van der Waals surface area contributed by atoms with E-state index in [0.717, 1.165) is 54.1 Å². The molecule has 0 amide bonds. The van der Waals surface area contributed by atoms with Crippen LogP contribution in [0.5, 0.6) is 0 Å². The Hall–Kier alpha value is -2.27. The standard InChI is InChI=1S/C20H25N5/c21-9-3-1-2-4-10-25-14-17(12-23-25)20-13-22-18-8-7-16(15-5-6-15)11-19(18)24-20/h7-8,11-15H,1-6,9-10,21H2. The van der Waals surface area contributed by atoms with E-state index >= 15 is 0 Å². The van der Waals surface area contributed by atoms with Crippen LogP contribution in [0.2, 0.25) is 0 Å². The van der Waals surface area contributed by atoms with Crippen molar-refractivity contribution >= 4 is 11.0 Å². The van der Waals surface area contributed by atoms with Gasteiger partial charge in [0.1, 0.15) is 0 Å². The monoisotopic (exact) mass is 335 g/mol. The van der Waals surface area contributed by atoms with Gasteiger partial charge in [0.2, 0.25) is 0 Å². The van der Waals surface area contributed by atoms with E-state index in [0.29, 0.717) is 0 Å². The fourth-order valence-corrected chi connectivity index (χ4v) is 3.23. The predicted octanol–water partition coefficient (Wildman–Crippen LogP) is 3.89. The molecule has 1 saturated carbocycles. The number of benzene rings is 1. The van der Waals surface area contributed by atoms with Crippen LogP contribution in [0.4, 0.5) is 0 Å². The Bertz CT molecular complexity index is 850. The van der Waals surface area contributed by atoms with E-state index in [9.17, 15) is 0 Å². The molecule has 0 atom stereocenters. The van der Waals surface area contributed by atoms with Crippen LogP contribution in [-0.4, -0.2) is 26.3 Å². The first-order valence-electron chi connectivity index (χ1n) is 9.33. The van der Waals surface area contributed by atoms with Crippen LogP contribution in [0, 0.1) is 0 Å². The van der Waals surface area contributed by atoms with Crippen LogP contribution in [0.25, 0.3) is 22.3 Å². The van der Waals surface area contributed by atoms with Crippen molar-refractivity contribution in [2.24, 2.45) is 5.73 Å². The molecule has 130 valence electrons. The molecule has 3 aromatic rings. The molecule has 4 rings (SSSR count). The van der Waals surface area contributed by atoms with Gasteiger partial charge in [0.25, 0.3) is 0 Å². The molecule has 0 bridgehead atoms. The Balaban J connectivity index is 1.47. The third kappa shape index (κ3) is 3.87. The summed E-state index contributed by atoms with van der Waals surface area (Å²) in [7, 11) is 0. The fraction of sp³-hybridized carbons (Fsp3) is 0.450. The van der Waals surface area contributed by atoms with Gasteiger partial charge >= 0.3 is 0 Å². The quantitative estimate of drug-likeness (QED) is 0.634. The molecule has 1 aliphatic carbocycles. The Morgan fingerprint density at radius 3 is 2.76 bits per heavy atom. The SMILES string of the molecule is NCCCCCCn1cc(-c2cnc3ccc(C4CC4)cc3n2)cn1. The third-order valence-electron chi connectivity index (χ3n) is 4.89. The van der Waals surface area contributed by atoms with Gasteiger partial charge in [-0.15, -0.1) is 0 Å². The van der Waals surface area contributed by atoms with Gasteiger partial charge in [-0.2, -0.15) is 5.10 Å². The summed E-state index contributed by atoms with van der Waals surface area (Å²) >= 11 is 0. The zero-order valence-corrected chi connectivity index (χ0v) is 14.6. The zero-order valence-electron chi connectivity index (χ0n) is 14.6. The molecule has 0 radical (unpaired) electrons. The fourth-order valence-electron chi connectivity index (χ4n) is 3.23. The molecule has 1 fully saturated rings. The molecule has 2 aromatic heterocycles. The Kier molecular flexibility index (Phi) is 4.74. The second-order valence-corrected chi connectivity index (χ2v) is 6.97. The predicted molar refractivity (Wildman–Crippen MR) is 100 cm³/mol. The van der Waals surface area contributed by atoms with Crippen molar-refractivity contribution in [1.82, 2.24) is 19.7 Å². The number of aryl methyl sites for hydroxylation is 1. The summed E-state index contributed by atoms with van der Waals surface area (Å²) in [5.74, 6) is 0.733. The maximum atomic E-state index is 5.53. The normalized spacial score (nSPS) is 14.3. The number of rotatable bonds is 8. The van der Waals surface area contributed by atoms with E-state index in [-0.39, 0.29) is 0 Å². The topological polar surface area (TPSA) is 69.6 Å². The highest BCUT2D eigenvalue weighted by atomic mass is 15.3. The van der Waals surface area contributed by atoms with E-state index in [1.165, 1.54) is 31.2 Å². The minimum absolute atomic E-state index is 0.733. The number of hydrogen-bond donors (Lipinski definition) is 1. The minimum Gasteiger partial charge on any atom is -0.330 e. The molecule has 2 N–H and O–H groups in total. The number of unbranched alkanes of at least 4 members (excludes halogenated alkanes) is 3. The first-order chi connectivity index (χ1) is 12.3. The highest BCUT2D eigenvalue weighted by Crippen LogP contribution is 2.40. The van der Waals surface area contributed by atoms with Crippen molar-refractivity contribution in [3.05, 3.63) is 42.4 Å². The Labute approximate surface area is 148 Å². The van der Waals surface area contributed by atoms with E-state index in [4.69, 9.17) is 10.7 Å². The smallest absolute Gasteiger partial charge is 0.0924 e. The van der Waals surface area contributed by atoms with Crippen molar-refractivity contribution in [3.8, 4) is 11.3 Å². The molecule has 5 nitrogen and oxygen atoms in total. The number of hydrogen-bond acceptors (Lipinski definition) is 4. The van der Waals surface area contributed by atoms with Crippen LogP contribution in [0.1, 0.15) is 50.0 Å². The van der Waals surface area contributed by atoms with Crippen LogP contribution >= 0.6 is 0 Å². The van der Waals surface area contributed by atoms with Gasteiger partial charge in [-0.05, 0) is 55.8 Å². The average Bonchev–Trinajstić information content (AvgIpc) is 3.39. The van der Waals surface area contributed by atoms with Gasteiger partial charge in [-0.1, -0.05) is 18.9 Å². The molecule has 5 heteroatoms. The van der Waals surface area contributed by atoms with Crippen molar-refractivity contribution in [1.29, 1.82) is 0 Å². The zero-order chi connectivity index (χ0) is 17.1. The van der Waals surface area contributed by atoms with Gasteiger partial charge < -0.3 is 5.73 Å². The summed E-state index contributed by atoms with van der Waals surface area (Å²) in [6, 6.07) is 6.48. The lowest BCUT2D eigenvalue weighted by atomic mass is 10.1. The average molecular weight is 335 g/mol. The van der Waals surface area contributed by atoms with Gasteiger partial charge in [0.15, 0.2) is 0 Å². The number of aromatic nitrogens is 4. The second-order valence-electron chi connectivity index (χ2n) is 6.97. The van der Waals surface area contributed by atoms with Gasteiger partial charge in [0.05, 0.1) is 29.1 Å². The van der Waals surface area contributed by atoms with Crippen LogP contribution in [-0.2, 0) is 6.54 Å². The molecular weight excluding hydrogens is 310 g/mol.